The first-order valence-electron chi connectivity index (χ1n) is 10.1. The van der Waals surface area contributed by atoms with E-state index in [0.717, 1.165) is 35.3 Å². The molecule has 0 amide bonds. The van der Waals surface area contributed by atoms with Gasteiger partial charge in [0.15, 0.2) is 4.90 Å². The first-order chi connectivity index (χ1) is 14.9. The zero-order valence-electron chi connectivity index (χ0n) is 16.9. The molecule has 3 heterocycles. The van der Waals surface area contributed by atoms with Crippen LogP contribution in [0.5, 0.6) is 0 Å². The summed E-state index contributed by atoms with van der Waals surface area (Å²) < 4.78 is 27.6. The van der Waals surface area contributed by atoms with Crippen LogP contribution in [0, 0.1) is 17.0 Å². The average molecular weight is 460 g/mol. The van der Waals surface area contributed by atoms with Crippen molar-refractivity contribution in [1.29, 1.82) is 0 Å². The van der Waals surface area contributed by atoms with Gasteiger partial charge >= 0.3 is 0 Å². The second-order valence-corrected chi connectivity index (χ2v) is 10.7. The molecule has 162 valence electrons. The largest absolute Gasteiger partial charge is 0.353 e. The third-order valence-corrected chi connectivity index (χ3v) is 9.01. The number of hydrogen-bond acceptors (Lipinski definition) is 8. The number of aromatic nitrogens is 2. The number of nitro benzene ring substituents is 1. The number of sulfonamides is 1. The van der Waals surface area contributed by atoms with E-state index in [1.165, 1.54) is 39.0 Å². The molecule has 0 atom stereocenters. The van der Waals surface area contributed by atoms with Crippen LogP contribution < -0.4 is 4.90 Å². The van der Waals surface area contributed by atoms with Gasteiger partial charge in [-0.05, 0) is 37.8 Å². The molecule has 2 aromatic heterocycles. The standard InChI is InChI=1S/C20H21N5O4S2/c1-13-21-19(18-14-5-4-7-16(14)30-20(18)22-13)23-9-11-24(12-10-23)31(28,29)17-8-3-2-6-15(17)25(26)27/h2-3,6,8H,4-5,7,9-12H2,1H3. The monoisotopic (exact) mass is 459 g/mol. The second kappa shape index (κ2) is 7.50. The maximum Gasteiger partial charge on any atom is 0.289 e. The van der Waals surface area contributed by atoms with Gasteiger partial charge < -0.3 is 4.90 Å². The number of piperazine rings is 1. The van der Waals surface area contributed by atoms with Gasteiger partial charge in [0.05, 0.1) is 10.3 Å². The molecule has 9 nitrogen and oxygen atoms in total. The van der Waals surface area contributed by atoms with Crippen LogP contribution in [0.1, 0.15) is 22.7 Å². The van der Waals surface area contributed by atoms with E-state index in [-0.39, 0.29) is 18.0 Å². The van der Waals surface area contributed by atoms with Crippen molar-refractivity contribution in [2.45, 2.75) is 31.1 Å². The first-order valence-corrected chi connectivity index (χ1v) is 12.4. The molecule has 1 fully saturated rings. The lowest BCUT2D eigenvalue weighted by atomic mass is 10.1. The Kier molecular flexibility index (Phi) is 4.91. The predicted octanol–water partition coefficient (Wildman–Crippen LogP) is 2.91. The summed E-state index contributed by atoms with van der Waals surface area (Å²) in [7, 11) is -3.96. The Labute approximate surface area is 183 Å². The number of nitrogens with zero attached hydrogens (tertiary/aromatic N) is 5. The SMILES string of the molecule is Cc1nc(N2CCN(S(=O)(=O)c3ccccc3[N+](=O)[O-])CC2)c2c3c(sc2n1)CCC3. The molecule has 0 unspecified atom stereocenters. The highest BCUT2D eigenvalue weighted by molar-refractivity contribution is 7.89. The highest BCUT2D eigenvalue weighted by atomic mass is 32.2. The lowest BCUT2D eigenvalue weighted by Gasteiger charge is -2.35. The van der Waals surface area contributed by atoms with Gasteiger partial charge in [-0.3, -0.25) is 10.1 Å². The van der Waals surface area contributed by atoms with E-state index >= 15 is 0 Å². The predicted molar refractivity (Wildman–Crippen MR) is 118 cm³/mol. The Bertz CT molecular complexity index is 1300. The number of rotatable bonds is 4. The van der Waals surface area contributed by atoms with E-state index in [1.807, 2.05) is 6.92 Å². The number of hydrogen-bond donors (Lipinski definition) is 0. The fourth-order valence-corrected chi connectivity index (χ4v) is 7.30. The van der Waals surface area contributed by atoms with Gasteiger partial charge in [0.1, 0.15) is 16.5 Å². The van der Waals surface area contributed by atoms with E-state index in [4.69, 9.17) is 4.98 Å². The minimum atomic E-state index is -3.96. The molecule has 0 spiro atoms. The van der Waals surface area contributed by atoms with Crippen molar-refractivity contribution >= 4 is 43.1 Å². The summed E-state index contributed by atoms with van der Waals surface area (Å²) in [6.45, 7) is 3.30. The molecule has 0 bridgehead atoms. The number of aryl methyl sites for hydroxylation is 3. The van der Waals surface area contributed by atoms with Crippen molar-refractivity contribution in [2.24, 2.45) is 0 Å². The quantitative estimate of drug-likeness (QED) is 0.436. The van der Waals surface area contributed by atoms with Crippen molar-refractivity contribution in [3.05, 3.63) is 50.6 Å². The zero-order chi connectivity index (χ0) is 21.8. The van der Waals surface area contributed by atoms with Gasteiger partial charge in [0.25, 0.3) is 5.69 Å². The van der Waals surface area contributed by atoms with Gasteiger partial charge in [-0.25, -0.2) is 18.4 Å². The summed E-state index contributed by atoms with van der Waals surface area (Å²) in [5.41, 5.74) is 0.942. The number of fused-ring (bicyclic) bond motifs is 3. The molecule has 0 radical (unpaired) electrons. The number of nitro groups is 1. The highest BCUT2D eigenvalue weighted by Gasteiger charge is 2.34. The van der Waals surface area contributed by atoms with Gasteiger partial charge in [-0.15, -0.1) is 11.3 Å². The third-order valence-electron chi connectivity index (χ3n) is 5.88. The molecule has 1 aromatic carbocycles. The molecule has 1 aliphatic heterocycles. The van der Waals surface area contributed by atoms with Gasteiger partial charge in [0.2, 0.25) is 10.0 Å². The molecule has 3 aromatic rings. The van der Waals surface area contributed by atoms with Crippen LogP contribution in [0.25, 0.3) is 10.2 Å². The normalized spacial score (nSPS) is 17.3. The highest BCUT2D eigenvalue weighted by Crippen LogP contribution is 2.41. The molecular weight excluding hydrogens is 438 g/mol. The summed E-state index contributed by atoms with van der Waals surface area (Å²) in [6, 6.07) is 5.50. The van der Waals surface area contributed by atoms with Gasteiger partial charge in [0, 0.05) is 37.1 Å². The topological polar surface area (TPSA) is 110 Å². The van der Waals surface area contributed by atoms with E-state index in [9.17, 15) is 18.5 Å². The number of benzene rings is 1. The maximum atomic E-state index is 13.1. The Hall–Kier alpha value is -2.63. The van der Waals surface area contributed by atoms with Crippen molar-refractivity contribution in [2.75, 3.05) is 31.1 Å². The van der Waals surface area contributed by atoms with Gasteiger partial charge in [-0.1, -0.05) is 12.1 Å². The Balaban J connectivity index is 1.44. The molecule has 1 saturated heterocycles. The summed E-state index contributed by atoms with van der Waals surface area (Å²) in [5.74, 6) is 1.59. The van der Waals surface area contributed by atoms with E-state index < -0.39 is 20.6 Å². The van der Waals surface area contributed by atoms with Crippen molar-refractivity contribution in [3.63, 3.8) is 0 Å². The second-order valence-electron chi connectivity index (χ2n) is 7.75. The van der Waals surface area contributed by atoms with E-state index in [2.05, 4.69) is 9.88 Å². The minimum absolute atomic E-state index is 0.241. The summed E-state index contributed by atoms with van der Waals surface area (Å²) in [6.07, 6.45) is 3.25. The van der Waals surface area contributed by atoms with Crippen LogP contribution in [-0.4, -0.2) is 53.8 Å². The van der Waals surface area contributed by atoms with E-state index in [1.54, 1.807) is 11.3 Å². The average Bonchev–Trinajstić information content (AvgIpc) is 3.34. The van der Waals surface area contributed by atoms with Crippen LogP contribution in [0.4, 0.5) is 11.5 Å². The van der Waals surface area contributed by atoms with Crippen LogP contribution in [-0.2, 0) is 22.9 Å². The lowest BCUT2D eigenvalue weighted by molar-refractivity contribution is -0.387. The first kappa shape index (κ1) is 20.3. The minimum Gasteiger partial charge on any atom is -0.353 e. The van der Waals surface area contributed by atoms with Crippen LogP contribution >= 0.6 is 11.3 Å². The molecule has 5 rings (SSSR count). The number of para-hydroxylation sites is 1. The molecule has 1 aliphatic carbocycles. The Morgan fingerprint density at radius 1 is 1.10 bits per heavy atom. The molecule has 31 heavy (non-hydrogen) atoms. The van der Waals surface area contributed by atoms with Crippen molar-refractivity contribution in [3.8, 4) is 0 Å². The molecule has 0 saturated carbocycles. The third kappa shape index (κ3) is 3.36. The number of anilines is 1. The zero-order valence-corrected chi connectivity index (χ0v) is 18.6. The number of thiophene rings is 1. The fourth-order valence-electron chi connectivity index (χ4n) is 4.41. The van der Waals surface area contributed by atoms with Crippen molar-refractivity contribution < 1.29 is 13.3 Å². The fraction of sp³-hybridized carbons (Fsp3) is 0.400. The van der Waals surface area contributed by atoms with Gasteiger partial charge in [-0.2, -0.15) is 4.31 Å². The summed E-state index contributed by atoms with van der Waals surface area (Å²) in [4.78, 5) is 24.3. The molecule has 2 aliphatic rings. The smallest absolute Gasteiger partial charge is 0.289 e. The molecular formula is C20H21N5O4S2. The maximum absolute atomic E-state index is 13.1. The summed E-state index contributed by atoms with van der Waals surface area (Å²) >= 11 is 1.74. The van der Waals surface area contributed by atoms with E-state index in [0.29, 0.717) is 18.9 Å². The van der Waals surface area contributed by atoms with Crippen molar-refractivity contribution in [1.82, 2.24) is 14.3 Å². The summed E-state index contributed by atoms with van der Waals surface area (Å²) in [5, 5.41) is 12.4. The molecule has 0 N–H and O–H groups in total. The molecule has 11 heteroatoms. The Morgan fingerprint density at radius 2 is 1.84 bits per heavy atom. The Morgan fingerprint density at radius 3 is 2.58 bits per heavy atom. The van der Waals surface area contributed by atoms with Crippen LogP contribution in [0.15, 0.2) is 29.2 Å². The van der Waals surface area contributed by atoms with Crippen LogP contribution in [0.3, 0.4) is 0 Å². The van der Waals surface area contributed by atoms with Crippen LogP contribution in [0.2, 0.25) is 0 Å². The lowest BCUT2D eigenvalue weighted by Crippen LogP contribution is -2.49.